The summed E-state index contributed by atoms with van der Waals surface area (Å²) in [5.74, 6) is 0.708. The van der Waals surface area contributed by atoms with Crippen molar-refractivity contribution in [3.63, 3.8) is 0 Å². The molecule has 7 heteroatoms. The molecule has 0 bridgehead atoms. The van der Waals surface area contributed by atoms with E-state index < -0.39 is 0 Å². The van der Waals surface area contributed by atoms with Gasteiger partial charge in [-0.15, -0.1) is 0 Å². The molecule has 0 aromatic heterocycles. The Morgan fingerprint density at radius 3 is 2.53 bits per heavy atom. The van der Waals surface area contributed by atoms with Crippen LogP contribution in [0.25, 0.3) is 0 Å². The third-order valence-electron chi connectivity index (χ3n) is 8.06. The molecule has 0 spiro atoms. The maximum Gasteiger partial charge on any atom is 0.251 e. The van der Waals surface area contributed by atoms with Crippen LogP contribution in [0.5, 0.6) is 5.75 Å². The number of carbonyl (C=O) groups excluding carboxylic acids is 2. The van der Waals surface area contributed by atoms with Gasteiger partial charge in [-0.2, -0.15) is 0 Å². The van der Waals surface area contributed by atoms with Gasteiger partial charge in [-0.3, -0.25) is 9.59 Å². The molecular weight excluding hydrogens is 428 g/mol. The van der Waals surface area contributed by atoms with Crippen molar-refractivity contribution < 1.29 is 14.3 Å². The molecule has 1 saturated carbocycles. The van der Waals surface area contributed by atoms with E-state index in [1.54, 1.807) is 0 Å². The smallest absolute Gasteiger partial charge is 0.251 e. The van der Waals surface area contributed by atoms with Gasteiger partial charge in [0, 0.05) is 43.0 Å². The van der Waals surface area contributed by atoms with E-state index in [9.17, 15) is 9.59 Å². The van der Waals surface area contributed by atoms with E-state index in [2.05, 4.69) is 40.9 Å². The van der Waals surface area contributed by atoms with Crippen LogP contribution < -0.4 is 25.6 Å². The highest BCUT2D eigenvalue weighted by molar-refractivity contribution is 5.98. The van der Waals surface area contributed by atoms with Crippen molar-refractivity contribution in [3.05, 3.63) is 23.3 Å². The molecule has 3 N–H and O–H groups in total. The van der Waals surface area contributed by atoms with Crippen molar-refractivity contribution >= 4 is 17.5 Å². The Labute approximate surface area is 204 Å². The molecule has 1 aromatic carbocycles. The number of amides is 2. The van der Waals surface area contributed by atoms with Gasteiger partial charge < -0.3 is 25.6 Å². The minimum absolute atomic E-state index is 0.0351. The largest absolute Gasteiger partial charge is 0.490 e. The van der Waals surface area contributed by atoms with E-state index >= 15 is 0 Å². The zero-order valence-corrected chi connectivity index (χ0v) is 21.3. The minimum atomic E-state index is -0.199. The monoisotopic (exact) mass is 470 g/mol. The molecule has 2 amide bonds. The third-order valence-corrected chi connectivity index (χ3v) is 8.06. The van der Waals surface area contributed by atoms with Crippen LogP contribution in [0.15, 0.2) is 12.1 Å². The van der Waals surface area contributed by atoms with Gasteiger partial charge in [0.05, 0.1) is 5.92 Å². The van der Waals surface area contributed by atoms with Gasteiger partial charge in [-0.1, -0.05) is 19.8 Å². The zero-order chi connectivity index (χ0) is 24.2. The van der Waals surface area contributed by atoms with Gasteiger partial charge in [0.1, 0.15) is 11.9 Å². The average Bonchev–Trinajstić information content (AvgIpc) is 3.34. The van der Waals surface area contributed by atoms with Crippen LogP contribution in [-0.2, 0) is 4.79 Å². The Balaban J connectivity index is 1.55. The fourth-order valence-corrected chi connectivity index (χ4v) is 5.92. The lowest BCUT2D eigenvalue weighted by atomic mass is 9.84. The molecule has 1 aliphatic carbocycles. The Bertz CT molecular complexity index is 877. The van der Waals surface area contributed by atoms with Crippen molar-refractivity contribution in [3.8, 4) is 5.75 Å². The molecule has 188 valence electrons. The third kappa shape index (κ3) is 5.68. The maximum atomic E-state index is 13.4. The first-order chi connectivity index (χ1) is 16.3. The van der Waals surface area contributed by atoms with Crippen molar-refractivity contribution in [2.75, 3.05) is 31.6 Å². The number of benzene rings is 1. The summed E-state index contributed by atoms with van der Waals surface area (Å²) in [7, 11) is 2.14. The zero-order valence-electron chi connectivity index (χ0n) is 21.3. The summed E-state index contributed by atoms with van der Waals surface area (Å²) in [5, 5.41) is 9.47. The molecule has 3 unspecified atom stereocenters. The Morgan fingerprint density at radius 2 is 1.85 bits per heavy atom. The lowest BCUT2D eigenvalue weighted by molar-refractivity contribution is -0.129. The van der Waals surface area contributed by atoms with Gasteiger partial charge in [-0.25, -0.2) is 0 Å². The summed E-state index contributed by atoms with van der Waals surface area (Å²) in [6.45, 7) is 8.42. The standard InChI is InChI=1S/C27H42N4O3/c1-17-13-18(2)30-27(33)24(17)16-29-26(32)23-14-22(34-21-9-11-28-12-10-21)15-25(19(23)3)31(4)20-7-5-6-8-20/h14-15,17-18,20-21,24,28H,5-13,16H2,1-4H3,(H,29,32)(H,30,33). The summed E-state index contributed by atoms with van der Waals surface area (Å²) in [6.07, 6.45) is 7.92. The molecule has 3 atom stereocenters. The summed E-state index contributed by atoms with van der Waals surface area (Å²) in [6, 6.07) is 4.70. The Kier molecular flexibility index (Phi) is 8.02. The Morgan fingerprint density at radius 1 is 1.15 bits per heavy atom. The van der Waals surface area contributed by atoms with Crippen LogP contribution >= 0.6 is 0 Å². The molecule has 2 heterocycles. The topological polar surface area (TPSA) is 82.7 Å². The normalized spacial score (nSPS) is 26.2. The van der Waals surface area contributed by atoms with Crippen LogP contribution in [0, 0.1) is 18.8 Å². The predicted molar refractivity (Wildman–Crippen MR) is 136 cm³/mol. The number of nitrogens with one attached hydrogen (secondary N) is 3. The molecule has 34 heavy (non-hydrogen) atoms. The molecule has 2 saturated heterocycles. The van der Waals surface area contributed by atoms with E-state index in [1.165, 1.54) is 25.7 Å². The number of rotatable bonds is 7. The molecule has 4 rings (SSSR count). The number of nitrogens with zero attached hydrogens (tertiary/aromatic N) is 1. The second kappa shape index (κ2) is 11.0. The minimum Gasteiger partial charge on any atom is -0.490 e. The van der Waals surface area contributed by atoms with Crippen LogP contribution in [-0.4, -0.2) is 56.7 Å². The van der Waals surface area contributed by atoms with Crippen LogP contribution in [0.2, 0.25) is 0 Å². The molecule has 0 radical (unpaired) electrons. The fraction of sp³-hybridized carbons (Fsp3) is 0.704. The highest BCUT2D eigenvalue weighted by atomic mass is 16.5. The number of hydrogen-bond acceptors (Lipinski definition) is 5. The number of piperidine rings is 2. The van der Waals surface area contributed by atoms with Crippen molar-refractivity contribution in [2.45, 2.75) is 83.9 Å². The van der Waals surface area contributed by atoms with Crippen molar-refractivity contribution in [1.82, 2.24) is 16.0 Å². The van der Waals surface area contributed by atoms with Crippen LogP contribution in [0.1, 0.15) is 74.7 Å². The summed E-state index contributed by atoms with van der Waals surface area (Å²) >= 11 is 0. The van der Waals surface area contributed by atoms with Crippen LogP contribution in [0.4, 0.5) is 5.69 Å². The highest BCUT2D eigenvalue weighted by Crippen LogP contribution is 2.34. The summed E-state index contributed by atoms with van der Waals surface area (Å²) in [4.78, 5) is 28.2. The lowest BCUT2D eigenvalue weighted by Crippen LogP contribution is -2.50. The lowest BCUT2D eigenvalue weighted by Gasteiger charge is -2.33. The van der Waals surface area contributed by atoms with Gasteiger partial charge >= 0.3 is 0 Å². The van der Waals surface area contributed by atoms with E-state index in [1.807, 2.05) is 19.9 Å². The van der Waals surface area contributed by atoms with Gasteiger partial charge in [0.15, 0.2) is 0 Å². The quantitative estimate of drug-likeness (QED) is 0.569. The summed E-state index contributed by atoms with van der Waals surface area (Å²) in [5.41, 5.74) is 2.68. The molecular formula is C27H42N4O3. The fourth-order valence-electron chi connectivity index (χ4n) is 5.92. The molecule has 3 aliphatic rings. The van der Waals surface area contributed by atoms with Crippen LogP contribution in [0.3, 0.4) is 0 Å². The molecule has 2 aliphatic heterocycles. The van der Waals surface area contributed by atoms with Gasteiger partial charge in [-0.05, 0) is 76.6 Å². The van der Waals surface area contributed by atoms with E-state index in [-0.39, 0.29) is 35.8 Å². The maximum absolute atomic E-state index is 13.4. The number of hydrogen-bond donors (Lipinski definition) is 3. The molecule has 1 aromatic rings. The van der Waals surface area contributed by atoms with Gasteiger partial charge in [0.25, 0.3) is 5.91 Å². The van der Waals surface area contributed by atoms with E-state index in [4.69, 9.17) is 4.74 Å². The highest BCUT2D eigenvalue weighted by Gasteiger charge is 2.32. The molecule has 7 nitrogen and oxygen atoms in total. The molecule has 3 fully saturated rings. The van der Waals surface area contributed by atoms with E-state index in [0.717, 1.165) is 49.4 Å². The summed E-state index contributed by atoms with van der Waals surface area (Å²) < 4.78 is 6.38. The number of anilines is 1. The SMILES string of the molecule is Cc1c(C(=O)NCC2C(=O)NC(C)CC2C)cc(OC2CCNCC2)cc1N(C)C1CCCC1. The average molecular weight is 471 g/mol. The number of carbonyl (C=O) groups is 2. The van der Waals surface area contributed by atoms with E-state index in [0.29, 0.717) is 18.2 Å². The number of ether oxygens (including phenoxy) is 1. The van der Waals surface area contributed by atoms with Crippen molar-refractivity contribution in [2.24, 2.45) is 11.8 Å². The van der Waals surface area contributed by atoms with Gasteiger partial charge in [0.2, 0.25) is 5.91 Å². The Hall–Kier alpha value is -2.28. The second-order valence-electron chi connectivity index (χ2n) is 10.7. The first-order valence-corrected chi connectivity index (χ1v) is 13.2. The predicted octanol–water partition coefficient (Wildman–Crippen LogP) is 3.40. The first-order valence-electron chi connectivity index (χ1n) is 13.2. The van der Waals surface area contributed by atoms with Crippen molar-refractivity contribution in [1.29, 1.82) is 0 Å². The second-order valence-corrected chi connectivity index (χ2v) is 10.7. The first kappa shape index (κ1) is 24.8.